The molecule has 0 aliphatic heterocycles. The number of nitrogens with one attached hydrogen (secondary N) is 3. The summed E-state index contributed by atoms with van der Waals surface area (Å²) >= 11 is 6.19. The zero-order chi connectivity index (χ0) is 19.6. The third-order valence-corrected chi connectivity index (χ3v) is 5.43. The Morgan fingerprint density at radius 3 is 2.59 bits per heavy atom. The average molecular weight is 408 g/mol. The van der Waals surface area contributed by atoms with E-state index in [1.54, 1.807) is 29.9 Å². The van der Waals surface area contributed by atoms with E-state index in [4.69, 9.17) is 11.6 Å². The lowest BCUT2D eigenvalue weighted by Crippen LogP contribution is -2.19. The standard InChI is InChI=1S/C16H18ClN7O2S/c1-10-8-14(24(3)23-10)21-16-19-9-11(17)15(22-16)20-12-6-4-5-7-13(12)27(25,26)18-2/h4-9,18H,1-3H3,(H2,19,20,21,22). The Kier molecular flexibility index (Phi) is 5.31. The summed E-state index contributed by atoms with van der Waals surface area (Å²) in [5.74, 6) is 1.27. The molecule has 0 radical (unpaired) electrons. The number of anilines is 4. The summed E-state index contributed by atoms with van der Waals surface area (Å²) in [4.78, 5) is 8.57. The lowest BCUT2D eigenvalue weighted by molar-refractivity contribution is 0.588. The maximum Gasteiger partial charge on any atom is 0.242 e. The van der Waals surface area contributed by atoms with Crippen molar-refractivity contribution in [2.24, 2.45) is 7.05 Å². The number of hydrogen-bond acceptors (Lipinski definition) is 7. The molecule has 0 saturated heterocycles. The van der Waals surface area contributed by atoms with Gasteiger partial charge in [-0.25, -0.2) is 18.1 Å². The minimum atomic E-state index is -3.65. The van der Waals surface area contributed by atoms with E-state index in [9.17, 15) is 8.42 Å². The molecule has 0 saturated carbocycles. The highest BCUT2D eigenvalue weighted by Gasteiger charge is 2.17. The first-order valence-corrected chi connectivity index (χ1v) is 9.76. The number of aromatic nitrogens is 4. The summed E-state index contributed by atoms with van der Waals surface area (Å²) in [7, 11) is -0.506. The third kappa shape index (κ3) is 4.18. The van der Waals surface area contributed by atoms with Crippen LogP contribution in [-0.2, 0) is 17.1 Å². The Labute approximate surface area is 161 Å². The highest BCUT2D eigenvalue weighted by Crippen LogP contribution is 2.28. The Morgan fingerprint density at radius 1 is 1.19 bits per heavy atom. The van der Waals surface area contributed by atoms with Crippen molar-refractivity contribution in [3.05, 3.63) is 47.2 Å². The van der Waals surface area contributed by atoms with Gasteiger partial charge in [-0.05, 0) is 26.1 Å². The topological polar surface area (TPSA) is 114 Å². The molecule has 3 aromatic rings. The molecular formula is C16H18ClN7O2S. The Hall–Kier alpha value is -2.69. The van der Waals surface area contributed by atoms with E-state index < -0.39 is 10.0 Å². The molecule has 3 N–H and O–H groups in total. The van der Waals surface area contributed by atoms with E-state index in [0.717, 1.165) is 5.69 Å². The monoisotopic (exact) mass is 407 g/mol. The summed E-state index contributed by atoms with van der Waals surface area (Å²) in [6.07, 6.45) is 1.43. The Morgan fingerprint density at radius 2 is 1.93 bits per heavy atom. The molecule has 9 nitrogen and oxygen atoms in total. The highest BCUT2D eigenvalue weighted by molar-refractivity contribution is 7.89. The van der Waals surface area contributed by atoms with Crippen LogP contribution in [0.15, 0.2) is 41.4 Å². The van der Waals surface area contributed by atoms with Crippen LogP contribution in [0.3, 0.4) is 0 Å². The maximum atomic E-state index is 12.2. The summed E-state index contributed by atoms with van der Waals surface area (Å²) in [5, 5.41) is 10.5. The first-order valence-electron chi connectivity index (χ1n) is 7.90. The van der Waals surface area contributed by atoms with Gasteiger partial charge in [-0.2, -0.15) is 10.1 Å². The van der Waals surface area contributed by atoms with Gasteiger partial charge in [0.2, 0.25) is 16.0 Å². The van der Waals surface area contributed by atoms with Gasteiger partial charge in [0.05, 0.1) is 17.6 Å². The molecule has 0 aliphatic rings. The number of para-hydroxylation sites is 1. The van der Waals surface area contributed by atoms with Crippen LogP contribution in [-0.4, -0.2) is 35.2 Å². The molecule has 0 spiro atoms. The lowest BCUT2D eigenvalue weighted by Gasteiger charge is -2.13. The van der Waals surface area contributed by atoms with Gasteiger partial charge in [0, 0.05) is 13.1 Å². The largest absolute Gasteiger partial charge is 0.338 e. The number of sulfonamides is 1. The lowest BCUT2D eigenvalue weighted by atomic mass is 10.3. The van der Waals surface area contributed by atoms with Crippen molar-refractivity contribution in [1.82, 2.24) is 24.5 Å². The fourth-order valence-electron chi connectivity index (χ4n) is 2.40. The molecule has 0 bridgehead atoms. The van der Waals surface area contributed by atoms with Gasteiger partial charge in [-0.1, -0.05) is 23.7 Å². The SMILES string of the molecule is CNS(=O)(=O)c1ccccc1Nc1nc(Nc2cc(C)nn2C)ncc1Cl. The van der Waals surface area contributed by atoms with E-state index in [2.05, 4.69) is 30.4 Å². The second kappa shape index (κ2) is 7.51. The molecule has 3 rings (SSSR count). The van der Waals surface area contributed by atoms with Crippen molar-refractivity contribution in [1.29, 1.82) is 0 Å². The predicted molar refractivity (Wildman–Crippen MR) is 104 cm³/mol. The van der Waals surface area contributed by atoms with Crippen LogP contribution in [0.2, 0.25) is 5.02 Å². The Bertz CT molecular complexity index is 1080. The van der Waals surface area contributed by atoms with Gasteiger partial charge in [-0.15, -0.1) is 0 Å². The van der Waals surface area contributed by atoms with Crippen molar-refractivity contribution < 1.29 is 8.42 Å². The predicted octanol–water partition coefficient (Wildman–Crippen LogP) is 2.57. The number of hydrogen-bond donors (Lipinski definition) is 3. The van der Waals surface area contributed by atoms with Gasteiger partial charge in [0.1, 0.15) is 15.7 Å². The highest BCUT2D eigenvalue weighted by atomic mass is 35.5. The zero-order valence-corrected chi connectivity index (χ0v) is 16.4. The zero-order valence-electron chi connectivity index (χ0n) is 14.9. The van der Waals surface area contributed by atoms with E-state index in [1.807, 2.05) is 13.0 Å². The normalized spacial score (nSPS) is 11.4. The van der Waals surface area contributed by atoms with Crippen LogP contribution < -0.4 is 15.4 Å². The fourth-order valence-corrected chi connectivity index (χ4v) is 3.42. The summed E-state index contributed by atoms with van der Waals surface area (Å²) in [6.45, 7) is 1.88. The van der Waals surface area contributed by atoms with Crippen molar-refractivity contribution >= 4 is 44.9 Å². The van der Waals surface area contributed by atoms with Gasteiger partial charge >= 0.3 is 0 Å². The van der Waals surface area contributed by atoms with E-state index >= 15 is 0 Å². The molecule has 11 heteroatoms. The van der Waals surface area contributed by atoms with Crippen LogP contribution in [0, 0.1) is 6.92 Å². The molecule has 0 atom stereocenters. The molecular weight excluding hydrogens is 390 g/mol. The van der Waals surface area contributed by atoms with Crippen molar-refractivity contribution in [3.8, 4) is 0 Å². The molecule has 1 aromatic carbocycles. The molecule has 0 fully saturated rings. The molecule has 27 heavy (non-hydrogen) atoms. The number of benzene rings is 1. The summed E-state index contributed by atoms with van der Waals surface area (Å²) in [6, 6.07) is 8.30. The minimum absolute atomic E-state index is 0.0824. The maximum absolute atomic E-state index is 12.2. The number of nitrogens with zero attached hydrogens (tertiary/aromatic N) is 4. The number of rotatable bonds is 6. The first-order chi connectivity index (χ1) is 12.8. The number of aryl methyl sites for hydroxylation is 2. The van der Waals surface area contributed by atoms with Gasteiger partial charge in [-0.3, -0.25) is 4.68 Å². The smallest absolute Gasteiger partial charge is 0.242 e. The molecule has 142 valence electrons. The van der Waals surface area contributed by atoms with E-state index in [1.165, 1.54) is 19.3 Å². The van der Waals surface area contributed by atoms with Crippen molar-refractivity contribution in [2.75, 3.05) is 17.7 Å². The molecule has 2 aromatic heterocycles. The van der Waals surface area contributed by atoms with Gasteiger partial charge in [0.15, 0.2) is 5.82 Å². The molecule has 0 unspecified atom stereocenters. The Balaban J connectivity index is 1.94. The van der Waals surface area contributed by atoms with Crippen LogP contribution in [0.4, 0.5) is 23.3 Å². The second-order valence-electron chi connectivity index (χ2n) is 5.64. The minimum Gasteiger partial charge on any atom is -0.338 e. The first kappa shape index (κ1) is 19.1. The molecule has 2 heterocycles. The van der Waals surface area contributed by atoms with E-state index in [0.29, 0.717) is 17.5 Å². The van der Waals surface area contributed by atoms with Crippen LogP contribution >= 0.6 is 11.6 Å². The summed E-state index contributed by atoms with van der Waals surface area (Å²) < 4.78 is 28.4. The number of halogens is 1. The quantitative estimate of drug-likeness (QED) is 0.575. The van der Waals surface area contributed by atoms with Crippen molar-refractivity contribution in [3.63, 3.8) is 0 Å². The van der Waals surface area contributed by atoms with Crippen molar-refractivity contribution in [2.45, 2.75) is 11.8 Å². The second-order valence-corrected chi connectivity index (χ2v) is 7.90. The third-order valence-electron chi connectivity index (χ3n) is 3.68. The van der Waals surface area contributed by atoms with E-state index in [-0.39, 0.29) is 15.7 Å². The fraction of sp³-hybridized carbons (Fsp3) is 0.188. The van der Waals surface area contributed by atoms with Gasteiger partial charge < -0.3 is 10.6 Å². The summed E-state index contributed by atoms with van der Waals surface area (Å²) in [5.41, 5.74) is 1.19. The van der Waals surface area contributed by atoms with Gasteiger partial charge in [0.25, 0.3) is 0 Å². The van der Waals surface area contributed by atoms with Crippen LogP contribution in [0.1, 0.15) is 5.69 Å². The van der Waals surface area contributed by atoms with Crippen LogP contribution in [0.5, 0.6) is 0 Å². The average Bonchev–Trinajstić information content (AvgIpc) is 2.95. The van der Waals surface area contributed by atoms with Crippen LogP contribution in [0.25, 0.3) is 0 Å². The molecule has 0 aliphatic carbocycles. The molecule has 0 amide bonds.